The van der Waals surface area contributed by atoms with Gasteiger partial charge in [0, 0.05) is 50.4 Å². The number of aromatic nitrogens is 2. The van der Waals surface area contributed by atoms with Crippen LogP contribution in [-0.4, -0.2) is 46.0 Å². The smallest absolute Gasteiger partial charge is 0.269 e. The molecular weight excluding hydrogens is 438 g/mol. The summed E-state index contributed by atoms with van der Waals surface area (Å²) < 4.78 is 0. The highest BCUT2D eigenvalue weighted by molar-refractivity contribution is 5.91. The lowest BCUT2D eigenvalue weighted by molar-refractivity contribution is -0.384. The Kier molecular flexibility index (Phi) is 6.03. The Balaban J connectivity index is 1.31. The van der Waals surface area contributed by atoms with Crippen molar-refractivity contribution in [2.75, 3.05) is 31.1 Å². The molecule has 1 aliphatic heterocycles. The fraction of sp³-hybridized carbons (Fsp3) is 0.321. The second kappa shape index (κ2) is 9.15. The molecule has 1 saturated heterocycles. The molecule has 1 aromatic heterocycles. The van der Waals surface area contributed by atoms with Gasteiger partial charge in [-0.15, -0.1) is 0 Å². The Morgan fingerprint density at radius 1 is 0.971 bits per heavy atom. The molecule has 1 aliphatic rings. The lowest BCUT2D eigenvalue weighted by Gasteiger charge is -2.36. The van der Waals surface area contributed by atoms with E-state index >= 15 is 0 Å². The van der Waals surface area contributed by atoms with Crippen LogP contribution in [0.4, 0.5) is 11.4 Å². The van der Waals surface area contributed by atoms with Gasteiger partial charge in [-0.05, 0) is 28.7 Å². The third kappa shape index (κ3) is 4.91. The quantitative estimate of drug-likeness (QED) is 0.297. The number of piperazine rings is 1. The number of imidazole rings is 1. The molecule has 0 bridgehead atoms. The van der Waals surface area contributed by atoms with E-state index in [1.54, 1.807) is 18.2 Å². The van der Waals surface area contributed by atoms with E-state index in [1.807, 2.05) is 6.07 Å². The van der Waals surface area contributed by atoms with Crippen molar-refractivity contribution in [2.45, 2.75) is 32.7 Å². The van der Waals surface area contributed by atoms with E-state index in [-0.39, 0.29) is 16.0 Å². The van der Waals surface area contributed by atoms with Gasteiger partial charge in [0.1, 0.15) is 11.3 Å². The summed E-state index contributed by atoms with van der Waals surface area (Å²) in [5.41, 5.74) is 6.82. The van der Waals surface area contributed by atoms with Gasteiger partial charge in [0.2, 0.25) is 0 Å². The fourth-order valence-electron chi connectivity index (χ4n) is 4.71. The summed E-state index contributed by atoms with van der Waals surface area (Å²) >= 11 is 0. The number of aromatic amines is 1. The minimum atomic E-state index is -0.334. The zero-order valence-electron chi connectivity index (χ0n) is 20.5. The maximum atomic E-state index is 11.1. The van der Waals surface area contributed by atoms with Crippen molar-refractivity contribution in [3.63, 3.8) is 0 Å². The van der Waals surface area contributed by atoms with E-state index in [0.29, 0.717) is 0 Å². The number of rotatable bonds is 5. The van der Waals surface area contributed by atoms with Crippen LogP contribution >= 0.6 is 0 Å². The van der Waals surface area contributed by atoms with Gasteiger partial charge in [-0.25, -0.2) is 4.98 Å². The molecule has 0 atom stereocenters. The fourth-order valence-corrected chi connectivity index (χ4v) is 4.71. The van der Waals surface area contributed by atoms with Crippen LogP contribution in [0.25, 0.3) is 22.4 Å². The summed E-state index contributed by atoms with van der Waals surface area (Å²) in [7, 11) is 0. The average Bonchev–Trinajstić information content (AvgIpc) is 3.29. The number of fused-ring (bicyclic) bond motifs is 1. The van der Waals surface area contributed by atoms with Gasteiger partial charge in [-0.2, -0.15) is 0 Å². The van der Waals surface area contributed by atoms with Crippen LogP contribution in [-0.2, 0) is 12.0 Å². The van der Waals surface area contributed by atoms with Crippen molar-refractivity contribution in [1.82, 2.24) is 14.9 Å². The molecule has 0 saturated carbocycles. The van der Waals surface area contributed by atoms with E-state index in [4.69, 9.17) is 4.98 Å². The van der Waals surface area contributed by atoms with Crippen molar-refractivity contribution in [2.24, 2.45) is 0 Å². The normalized spacial score (nSPS) is 15.0. The number of hydrogen-bond acceptors (Lipinski definition) is 5. The van der Waals surface area contributed by atoms with Crippen LogP contribution in [0.5, 0.6) is 0 Å². The third-order valence-electron chi connectivity index (χ3n) is 6.76. The number of nitro benzene ring substituents is 1. The lowest BCUT2D eigenvalue weighted by Crippen LogP contribution is -2.46. The Labute approximate surface area is 205 Å². The number of H-pyrrole nitrogens is 1. The molecule has 0 amide bonds. The van der Waals surface area contributed by atoms with E-state index < -0.39 is 0 Å². The molecule has 0 spiro atoms. The van der Waals surface area contributed by atoms with Crippen molar-refractivity contribution in [3.8, 4) is 11.4 Å². The number of hydrogen-bond donors (Lipinski definition) is 1. The molecule has 180 valence electrons. The van der Waals surface area contributed by atoms with Crippen molar-refractivity contribution >= 4 is 22.4 Å². The standard InChI is InChI=1S/C28H31N5O2/c1-28(2,3)22-12-10-21(11-13-22)27-29-24-8-5-9-25(26(24)30-27)32-16-14-31(15-17-32)19-20-6-4-7-23(18-20)33(34)35/h4-13,18H,14-17,19H2,1-3H3,(H,29,30). The second-order valence-electron chi connectivity index (χ2n) is 10.3. The average molecular weight is 470 g/mol. The predicted octanol–water partition coefficient (Wildman–Crippen LogP) is 5.76. The van der Waals surface area contributed by atoms with Crippen LogP contribution in [0.2, 0.25) is 0 Å². The number of non-ortho nitro benzene ring substituents is 1. The molecule has 1 N–H and O–H groups in total. The van der Waals surface area contributed by atoms with Gasteiger partial charge in [-0.1, -0.05) is 63.2 Å². The van der Waals surface area contributed by atoms with Gasteiger partial charge in [0.25, 0.3) is 5.69 Å². The third-order valence-corrected chi connectivity index (χ3v) is 6.76. The maximum Gasteiger partial charge on any atom is 0.269 e. The summed E-state index contributed by atoms with van der Waals surface area (Å²) in [5, 5.41) is 11.1. The molecule has 0 unspecified atom stereocenters. The molecule has 1 fully saturated rings. The Morgan fingerprint density at radius 3 is 2.37 bits per heavy atom. The van der Waals surface area contributed by atoms with E-state index in [1.165, 1.54) is 5.56 Å². The molecule has 7 nitrogen and oxygen atoms in total. The molecule has 3 aromatic carbocycles. The first kappa shape index (κ1) is 23.1. The largest absolute Gasteiger partial charge is 0.367 e. The topological polar surface area (TPSA) is 78.3 Å². The van der Waals surface area contributed by atoms with Crippen LogP contribution in [0.3, 0.4) is 0 Å². The molecule has 35 heavy (non-hydrogen) atoms. The minimum absolute atomic E-state index is 0.122. The zero-order valence-corrected chi connectivity index (χ0v) is 20.5. The Bertz CT molecular complexity index is 1350. The first-order valence-electron chi connectivity index (χ1n) is 12.1. The molecule has 0 aliphatic carbocycles. The molecule has 5 rings (SSSR count). The molecule has 2 heterocycles. The van der Waals surface area contributed by atoms with E-state index in [0.717, 1.165) is 66.4 Å². The summed E-state index contributed by atoms with van der Waals surface area (Å²) in [6, 6.07) is 21.9. The monoisotopic (exact) mass is 469 g/mol. The number of anilines is 1. The van der Waals surface area contributed by atoms with Crippen LogP contribution in [0.15, 0.2) is 66.7 Å². The summed E-state index contributed by atoms with van der Waals surface area (Å²) in [6.45, 7) is 10.9. The zero-order chi connectivity index (χ0) is 24.6. The van der Waals surface area contributed by atoms with Gasteiger partial charge < -0.3 is 9.88 Å². The highest BCUT2D eigenvalue weighted by Crippen LogP contribution is 2.30. The maximum absolute atomic E-state index is 11.1. The number of nitrogens with one attached hydrogen (secondary N) is 1. The van der Waals surface area contributed by atoms with Crippen LogP contribution < -0.4 is 4.90 Å². The molecule has 7 heteroatoms. The molecule has 4 aromatic rings. The SMILES string of the molecule is CC(C)(C)c1ccc(-c2nc3c(N4CCN(Cc5cccc([N+](=O)[O-])c5)CC4)cccc3[nH]2)cc1. The number of para-hydroxylation sites is 1. The number of benzene rings is 3. The van der Waals surface area contributed by atoms with Gasteiger partial charge in [0.15, 0.2) is 0 Å². The van der Waals surface area contributed by atoms with Gasteiger partial charge in [0.05, 0.1) is 16.1 Å². The Morgan fingerprint density at radius 2 is 1.69 bits per heavy atom. The van der Waals surface area contributed by atoms with Crippen molar-refractivity contribution in [3.05, 3.63) is 88.0 Å². The number of nitrogens with zero attached hydrogens (tertiary/aromatic N) is 4. The summed E-state index contributed by atoms with van der Waals surface area (Å²) in [5.74, 6) is 0.886. The minimum Gasteiger partial charge on any atom is -0.367 e. The highest BCUT2D eigenvalue weighted by Gasteiger charge is 2.21. The van der Waals surface area contributed by atoms with Crippen molar-refractivity contribution in [1.29, 1.82) is 0 Å². The molecule has 0 radical (unpaired) electrons. The molecular formula is C28H31N5O2. The van der Waals surface area contributed by atoms with Gasteiger partial charge in [-0.3, -0.25) is 15.0 Å². The van der Waals surface area contributed by atoms with Crippen molar-refractivity contribution < 1.29 is 4.92 Å². The van der Waals surface area contributed by atoms with Crippen LogP contribution in [0, 0.1) is 10.1 Å². The summed E-state index contributed by atoms with van der Waals surface area (Å²) in [6.07, 6.45) is 0. The second-order valence-corrected chi connectivity index (χ2v) is 10.3. The van der Waals surface area contributed by atoms with Crippen LogP contribution in [0.1, 0.15) is 31.9 Å². The number of nitro groups is 1. The Hall–Kier alpha value is -3.71. The first-order chi connectivity index (χ1) is 16.8. The van der Waals surface area contributed by atoms with E-state index in [9.17, 15) is 10.1 Å². The highest BCUT2D eigenvalue weighted by atomic mass is 16.6. The van der Waals surface area contributed by atoms with Gasteiger partial charge >= 0.3 is 0 Å². The van der Waals surface area contributed by atoms with E-state index in [2.05, 4.69) is 78.0 Å². The lowest BCUT2D eigenvalue weighted by atomic mass is 9.87. The first-order valence-corrected chi connectivity index (χ1v) is 12.1. The summed E-state index contributed by atoms with van der Waals surface area (Å²) in [4.78, 5) is 24.0. The predicted molar refractivity (Wildman–Crippen MR) is 141 cm³/mol.